The van der Waals surface area contributed by atoms with Gasteiger partial charge in [-0.3, -0.25) is 4.79 Å². The quantitative estimate of drug-likeness (QED) is 0.894. The summed E-state index contributed by atoms with van der Waals surface area (Å²) in [7, 11) is 1.68. The number of nitrogens with zero attached hydrogens (tertiary/aromatic N) is 2. The van der Waals surface area contributed by atoms with Gasteiger partial charge < -0.3 is 10.6 Å². The molecule has 1 heterocycles. The van der Waals surface area contributed by atoms with Gasteiger partial charge >= 0.3 is 0 Å². The van der Waals surface area contributed by atoms with Gasteiger partial charge in [-0.05, 0) is 18.6 Å². The first-order valence-corrected chi connectivity index (χ1v) is 6.01. The van der Waals surface area contributed by atoms with Crippen LogP contribution >= 0.6 is 11.3 Å². The van der Waals surface area contributed by atoms with Gasteiger partial charge in [0.15, 0.2) is 0 Å². The van der Waals surface area contributed by atoms with Gasteiger partial charge in [0.05, 0.1) is 5.69 Å². The van der Waals surface area contributed by atoms with E-state index in [2.05, 4.69) is 20.8 Å². The van der Waals surface area contributed by atoms with Crippen molar-refractivity contribution in [3.05, 3.63) is 34.6 Å². The Morgan fingerprint density at radius 2 is 2.17 bits per heavy atom. The molecule has 0 aliphatic heterocycles. The van der Waals surface area contributed by atoms with Gasteiger partial charge in [-0.1, -0.05) is 23.5 Å². The summed E-state index contributed by atoms with van der Waals surface area (Å²) in [6.07, 6.45) is 0. The van der Waals surface area contributed by atoms with Gasteiger partial charge in [-0.25, -0.2) is 4.39 Å². The molecule has 0 aliphatic rings. The fraction of sp³-hybridized carbons (Fsp3) is 0.182. The lowest BCUT2D eigenvalue weighted by atomic mass is 10.2. The van der Waals surface area contributed by atoms with E-state index in [-0.39, 0.29) is 10.7 Å². The number of benzene rings is 1. The zero-order chi connectivity index (χ0) is 13.1. The summed E-state index contributed by atoms with van der Waals surface area (Å²) in [6, 6.07) is 4.60. The van der Waals surface area contributed by atoms with Crippen LogP contribution in [0.25, 0.3) is 0 Å². The highest BCUT2D eigenvalue weighted by Gasteiger charge is 2.15. The number of para-hydroxylation sites is 1. The fourth-order valence-corrected chi connectivity index (χ4v) is 1.97. The maximum absolute atomic E-state index is 13.5. The molecule has 2 aromatic rings. The summed E-state index contributed by atoms with van der Waals surface area (Å²) >= 11 is 1.10. The van der Waals surface area contributed by atoms with E-state index in [9.17, 15) is 9.18 Å². The smallest absolute Gasteiger partial charge is 0.286 e. The summed E-state index contributed by atoms with van der Waals surface area (Å²) in [5, 5.41) is 13.5. The van der Waals surface area contributed by atoms with E-state index in [1.165, 1.54) is 6.07 Å². The first-order chi connectivity index (χ1) is 8.61. The zero-order valence-electron chi connectivity index (χ0n) is 9.82. The second kappa shape index (κ2) is 5.09. The van der Waals surface area contributed by atoms with Crippen molar-refractivity contribution in [2.75, 3.05) is 17.7 Å². The minimum atomic E-state index is -0.471. The van der Waals surface area contributed by atoms with Crippen LogP contribution in [0.2, 0.25) is 0 Å². The maximum Gasteiger partial charge on any atom is 0.286 e. The molecule has 2 N–H and O–H groups in total. The van der Waals surface area contributed by atoms with E-state index >= 15 is 0 Å². The summed E-state index contributed by atoms with van der Waals surface area (Å²) in [5.74, 6) is -0.941. The summed E-state index contributed by atoms with van der Waals surface area (Å²) in [4.78, 5) is 11.9. The molecule has 7 heteroatoms. The number of hydrogen-bond acceptors (Lipinski definition) is 5. The average Bonchev–Trinajstić information content (AvgIpc) is 2.82. The molecule has 5 nitrogen and oxygen atoms in total. The highest BCUT2D eigenvalue weighted by molar-refractivity contribution is 7.17. The Labute approximate surface area is 107 Å². The van der Waals surface area contributed by atoms with E-state index in [0.29, 0.717) is 10.7 Å². The predicted molar refractivity (Wildman–Crippen MR) is 68.5 cm³/mol. The summed E-state index contributed by atoms with van der Waals surface area (Å²) in [6.45, 7) is 1.72. The molecule has 0 unspecified atom stereocenters. The molecule has 0 fully saturated rings. The highest BCUT2D eigenvalue weighted by Crippen LogP contribution is 2.21. The molecule has 0 spiro atoms. The Bertz CT molecular complexity index is 564. The SMILES string of the molecule is CNc1nnc(C(=O)Nc2c(C)cccc2F)s1. The molecule has 18 heavy (non-hydrogen) atoms. The molecule has 0 saturated carbocycles. The zero-order valence-corrected chi connectivity index (χ0v) is 10.6. The monoisotopic (exact) mass is 266 g/mol. The summed E-state index contributed by atoms with van der Waals surface area (Å²) in [5.41, 5.74) is 0.824. The third-order valence-corrected chi connectivity index (χ3v) is 3.23. The lowest BCUT2D eigenvalue weighted by molar-refractivity contribution is 0.102. The Morgan fingerprint density at radius 1 is 1.39 bits per heavy atom. The lowest BCUT2D eigenvalue weighted by Gasteiger charge is -2.07. The number of rotatable bonds is 3. The van der Waals surface area contributed by atoms with Crippen molar-refractivity contribution in [1.82, 2.24) is 10.2 Å². The molecule has 0 atom stereocenters. The van der Waals surface area contributed by atoms with Crippen LogP contribution in [0, 0.1) is 12.7 Å². The normalized spacial score (nSPS) is 10.2. The van der Waals surface area contributed by atoms with Gasteiger partial charge in [-0.15, -0.1) is 10.2 Å². The number of halogens is 1. The van der Waals surface area contributed by atoms with Crippen LogP contribution in [0.15, 0.2) is 18.2 Å². The average molecular weight is 266 g/mol. The molecule has 0 aliphatic carbocycles. The molecule has 0 radical (unpaired) electrons. The van der Waals surface area contributed by atoms with Crippen molar-refractivity contribution in [3.8, 4) is 0 Å². The van der Waals surface area contributed by atoms with Crippen molar-refractivity contribution in [2.24, 2.45) is 0 Å². The van der Waals surface area contributed by atoms with Gasteiger partial charge in [0.25, 0.3) is 5.91 Å². The fourth-order valence-electron chi connectivity index (χ4n) is 1.37. The number of hydrogen-bond donors (Lipinski definition) is 2. The molecule has 1 aromatic heterocycles. The van der Waals surface area contributed by atoms with Crippen LogP contribution in [0.4, 0.5) is 15.2 Å². The van der Waals surface area contributed by atoms with E-state index in [0.717, 1.165) is 11.3 Å². The largest absolute Gasteiger partial charge is 0.363 e. The second-order valence-electron chi connectivity index (χ2n) is 3.55. The Balaban J connectivity index is 2.21. The van der Waals surface area contributed by atoms with Gasteiger partial charge in [0.2, 0.25) is 10.1 Å². The van der Waals surface area contributed by atoms with E-state index in [1.54, 1.807) is 26.1 Å². The van der Waals surface area contributed by atoms with Gasteiger partial charge in [0.1, 0.15) is 5.82 Å². The molecule has 94 valence electrons. The number of aromatic nitrogens is 2. The third-order valence-electron chi connectivity index (χ3n) is 2.29. The van der Waals surface area contributed by atoms with Crippen LogP contribution in [-0.2, 0) is 0 Å². The van der Waals surface area contributed by atoms with Gasteiger partial charge in [-0.2, -0.15) is 0 Å². The molecular formula is C11H11FN4OS. The molecule has 1 amide bonds. The number of amides is 1. The molecule has 0 bridgehead atoms. The number of anilines is 2. The number of carbonyl (C=O) groups excluding carboxylic acids is 1. The molecule has 1 aromatic carbocycles. The molecule has 2 rings (SSSR count). The molecular weight excluding hydrogens is 255 g/mol. The van der Waals surface area contributed by atoms with Crippen LogP contribution in [0.3, 0.4) is 0 Å². The third kappa shape index (κ3) is 2.45. The van der Waals surface area contributed by atoms with Gasteiger partial charge in [0, 0.05) is 7.05 Å². The Kier molecular flexibility index (Phi) is 3.52. The predicted octanol–water partition coefficient (Wildman–Crippen LogP) is 2.28. The lowest BCUT2D eigenvalue weighted by Crippen LogP contribution is -2.13. The van der Waals surface area contributed by atoms with Crippen LogP contribution in [0.5, 0.6) is 0 Å². The van der Waals surface area contributed by atoms with Crippen molar-refractivity contribution in [3.63, 3.8) is 0 Å². The first-order valence-electron chi connectivity index (χ1n) is 5.19. The topological polar surface area (TPSA) is 66.9 Å². The standard InChI is InChI=1S/C11H11FN4OS/c1-6-4-3-5-7(12)8(6)14-9(17)10-15-16-11(13-2)18-10/h3-5H,1-2H3,(H,13,16)(H,14,17). The first kappa shape index (κ1) is 12.4. The Morgan fingerprint density at radius 3 is 2.78 bits per heavy atom. The van der Waals surface area contributed by atoms with E-state index in [4.69, 9.17) is 0 Å². The minimum absolute atomic E-state index is 0.170. The highest BCUT2D eigenvalue weighted by atomic mass is 32.1. The Hall–Kier alpha value is -2.02. The van der Waals surface area contributed by atoms with E-state index in [1.807, 2.05) is 0 Å². The van der Waals surface area contributed by atoms with Crippen molar-refractivity contribution >= 4 is 28.1 Å². The number of nitrogens with one attached hydrogen (secondary N) is 2. The second-order valence-corrected chi connectivity index (χ2v) is 4.53. The summed E-state index contributed by atoms with van der Waals surface area (Å²) < 4.78 is 13.5. The van der Waals surface area contributed by atoms with Crippen molar-refractivity contribution in [1.29, 1.82) is 0 Å². The number of aryl methyl sites for hydroxylation is 1. The minimum Gasteiger partial charge on any atom is -0.363 e. The van der Waals surface area contributed by atoms with Crippen LogP contribution in [-0.4, -0.2) is 23.2 Å². The van der Waals surface area contributed by atoms with Crippen LogP contribution < -0.4 is 10.6 Å². The van der Waals surface area contributed by atoms with E-state index < -0.39 is 11.7 Å². The number of carbonyl (C=O) groups is 1. The van der Waals surface area contributed by atoms with Crippen molar-refractivity contribution in [2.45, 2.75) is 6.92 Å². The van der Waals surface area contributed by atoms with Crippen molar-refractivity contribution < 1.29 is 9.18 Å². The van der Waals surface area contributed by atoms with Crippen LogP contribution in [0.1, 0.15) is 15.4 Å². The maximum atomic E-state index is 13.5. The molecule has 0 saturated heterocycles.